The van der Waals surface area contributed by atoms with Gasteiger partial charge in [0.1, 0.15) is 0 Å². The van der Waals surface area contributed by atoms with Crippen molar-refractivity contribution in [1.82, 2.24) is 10.2 Å². The summed E-state index contributed by atoms with van der Waals surface area (Å²) in [4.78, 5) is 24.7. The number of benzene rings is 1. The standard InChI is InChI=1S/C15H20N2O3/c1-15(2)8-3-9-17(15)14(20)16-10-11-4-6-12(7-5-11)13(18)19/h4-7H,3,8-10H2,1-2H3,(H,16,20)(H,18,19). The Morgan fingerprint density at radius 1 is 1.30 bits per heavy atom. The molecular weight excluding hydrogens is 256 g/mol. The Kier molecular flexibility index (Phi) is 3.97. The maximum Gasteiger partial charge on any atom is 0.335 e. The van der Waals surface area contributed by atoms with Crippen LogP contribution in [-0.4, -0.2) is 34.1 Å². The molecule has 0 bridgehead atoms. The van der Waals surface area contributed by atoms with Crippen LogP contribution in [0.4, 0.5) is 4.79 Å². The van der Waals surface area contributed by atoms with Crippen molar-refractivity contribution < 1.29 is 14.7 Å². The van der Waals surface area contributed by atoms with Gasteiger partial charge in [0.15, 0.2) is 0 Å². The molecule has 0 aromatic heterocycles. The van der Waals surface area contributed by atoms with Gasteiger partial charge in [0.25, 0.3) is 0 Å². The van der Waals surface area contributed by atoms with Crippen LogP contribution in [0.25, 0.3) is 0 Å². The van der Waals surface area contributed by atoms with Crippen LogP contribution in [0.2, 0.25) is 0 Å². The van der Waals surface area contributed by atoms with Crippen molar-refractivity contribution in [2.45, 2.75) is 38.8 Å². The SMILES string of the molecule is CC1(C)CCCN1C(=O)NCc1ccc(C(=O)O)cc1. The van der Waals surface area contributed by atoms with Gasteiger partial charge in [-0.15, -0.1) is 0 Å². The van der Waals surface area contributed by atoms with Crippen LogP contribution >= 0.6 is 0 Å². The second kappa shape index (κ2) is 5.53. The lowest BCUT2D eigenvalue weighted by Gasteiger charge is -2.31. The molecule has 0 radical (unpaired) electrons. The third kappa shape index (κ3) is 3.10. The van der Waals surface area contributed by atoms with Crippen LogP contribution < -0.4 is 5.32 Å². The number of carboxylic acids is 1. The molecule has 2 amide bonds. The van der Waals surface area contributed by atoms with Crippen molar-refractivity contribution in [1.29, 1.82) is 0 Å². The minimum absolute atomic E-state index is 0.0604. The Labute approximate surface area is 118 Å². The number of carbonyl (C=O) groups is 2. The molecule has 5 heteroatoms. The van der Waals surface area contributed by atoms with Gasteiger partial charge in [0, 0.05) is 18.6 Å². The van der Waals surface area contributed by atoms with E-state index in [9.17, 15) is 9.59 Å². The van der Waals surface area contributed by atoms with E-state index >= 15 is 0 Å². The van der Waals surface area contributed by atoms with Crippen molar-refractivity contribution >= 4 is 12.0 Å². The summed E-state index contributed by atoms with van der Waals surface area (Å²) >= 11 is 0. The smallest absolute Gasteiger partial charge is 0.335 e. The van der Waals surface area contributed by atoms with Crippen LogP contribution in [0.1, 0.15) is 42.6 Å². The molecule has 1 fully saturated rings. The molecule has 1 aromatic rings. The van der Waals surface area contributed by atoms with Crippen LogP contribution in [0.5, 0.6) is 0 Å². The highest BCUT2D eigenvalue weighted by Gasteiger charge is 2.35. The van der Waals surface area contributed by atoms with Crippen LogP contribution in [0, 0.1) is 0 Å². The number of nitrogens with zero attached hydrogens (tertiary/aromatic N) is 1. The van der Waals surface area contributed by atoms with Crippen LogP contribution in [0.15, 0.2) is 24.3 Å². The largest absolute Gasteiger partial charge is 0.478 e. The zero-order valence-corrected chi connectivity index (χ0v) is 11.8. The lowest BCUT2D eigenvalue weighted by Crippen LogP contribution is -2.47. The zero-order chi connectivity index (χ0) is 14.8. The Hall–Kier alpha value is -2.04. The van der Waals surface area contributed by atoms with Crippen LogP contribution in [-0.2, 0) is 6.54 Å². The van der Waals surface area contributed by atoms with E-state index in [0.29, 0.717) is 6.54 Å². The normalized spacial score (nSPS) is 17.0. The highest BCUT2D eigenvalue weighted by molar-refractivity contribution is 5.87. The van der Waals surface area contributed by atoms with Crippen molar-refractivity contribution in [3.05, 3.63) is 35.4 Å². The van der Waals surface area contributed by atoms with Gasteiger partial charge >= 0.3 is 12.0 Å². The number of carbonyl (C=O) groups excluding carboxylic acids is 1. The fraction of sp³-hybridized carbons (Fsp3) is 0.467. The fourth-order valence-corrected chi connectivity index (χ4v) is 2.52. The number of nitrogens with one attached hydrogen (secondary N) is 1. The summed E-state index contributed by atoms with van der Waals surface area (Å²) < 4.78 is 0. The Balaban J connectivity index is 1.92. The van der Waals surface area contributed by atoms with Gasteiger partial charge < -0.3 is 15.3 Å². The van der Waals surface area contributed by atoms with Crippen molar-refractivity contribution in [3.8, 4) is 0 Å². The van der Waals surface area contributed by atoms with E-state index < -0.39 is 5.97 Å². The number of likely N-dealkylation sites (tertiary alicyclic amines) is 1. The maximum atomic E-state index is 12.1. The first-order valence-electron chi connectivity index (χ1n) is 6.78. The minimum Gasteiger partial charge on any atom is -0.478 e. The predicted molar refractivity (Wildman–Crippen MR) is 75.7 cm³/mol. The molecule has 2 N–H and O–H groups in total. The Morgan fingerprint density at radius 2 is 1.95 bits per heavy atom. The third-order valence-corrected chi connectivity index (χ3v) is 3.79. The molecule has 0 aliphatic carbocycles. The van der Waals surface area contributed by atoms with Gasteiger partial charge in [-0.05, 0) is 44.4 Å². The summed E-state index contributed by atoms with van der Waals surface area (Å²) in [7, 11) is 0. The summed E-state index contributed by atoms with van der Waals surface area (Å²) in [6.45, 7) is 5.34. The van der Waals surface area contributed by atoms with Gasteiger partial charge in [0.05, 0.1) is 5.56 Å². The molecule has 1 saturated heterocycles. The summed E-state index contributed by atoms with van der Waals surface area (Å²) in [5, 5.41) is 11.7. The number of hydrogen-bond donors (Lipinski definition) is 2. The number of rotatable bonds is 3. The van der Waals surface area contributed by atoms with E-state index in [1.54, 1.807) is 24.3 Å². The van der Waals surface area contributed by atoms with E-state index in [0.717, 1.165) is 24.9 Å². The van der Waals surface area contributed by atoms with Gasteiger partial charge in [-0.2, -0.15) is 0 Å². The minimum atomic E-state index is -0.945. The second-order valence-corrected chi connectivity index (χ2v) is 5.73. The highest BCUT2D eigenvalue weighted by atomic mass is 16.4. The number of carboxylic acid groups (broad SMARTS) is 1. The second-order valence-electron chi connectivity index (χ2n) is 5.73. The molecule has 108 valence electrons. The lowest BCUT2D eigenvalue weighted by molar-refractivity contribution is 0.0696. The van der Waals surface area contributed by atoms with Gasteiger partial charge in [0.2, 0.25) is 0 Å². The van der Waals surface area contributed by atoms with Crippen molar-refractivity contribution in [2.75, 3.05) is 6.54 Å². The number of aromatic carboxylic acids is 1. The summed E-state index contributed by atoms with van der Waals surface area (Å²) in [5.41, 5.74) is 1.05. The van der Waals surface area contributed by atoms with Crippen molar-refractivity contribution in [3.63, 3.8) is 0 Å². The van der Waals surface area contributed by atoms with E-state index in [1.165, 1.54) is 0 Å². The molecule has 1 aliphatic rings. The molecule has 2 rings (SSSR count). The summed E-state index contributed by atoms with van der Waals surface area (Å²) in [5.74, 6) is -0.945. The number of amides is 2. The monoisotopic (exact) mass is 276 g/mol. The quantitative estimate of drug-likeness (QED) is 0.891. The highest BCUT2D eigenvalue weighted by Crippen LogP contribution is 2.27. The molecule has 1 aromatic carbocycles. The number of urea groups is 1. The zero-order valence-electron chi connectivity index (χ0n) is 11.8. The van der Waals surface area contributed by atoms with Crippen LogP contribution in [0.3, 0.4) is 0 Å². The molecule has 0 atom stereocenters. The molecule has 20 heavy (non-hydrogen) atoms. The van der Waals surface area contributed by atoms with Crippen molar-refractivity contribution in [2.24, 2.45) is 0 Å². The first-order valence-corrected chi connectivity index (χ1v) is 6.78. The molecule has 0 spiro atoms. The van der Waals surface area contributed by atoms with Gasteiger partial charge in [-0.3, -0.25) is 0 Å². The summed E-state index contributed by atoms with van der Waals surface area (Å²) in [6.07, 6.45) is 2.06. The molecule has 0 saturated carbocycles. The fourth-order valence-electron chi connectivity index (χ4n) is 2.52. The van der Waals surface area contributed by atoms with Gasteiger partial charge in [-0.25, -0.2) is 9.59 Å². The average molecular weight is 276 g/mol. The molecule has 5 nitrogen and oxygen atoms in total. The van der Waals surface area contributed by atoms with E-state index in [1.807, 2.05) is 4.90 Å². The van der Waals surface area contributed by atoms with E-state index in [-0.39, 0.29) is 17.1 Å². The first kappa shape index (κ1) is 14.4. The van der Waals surface area contributed by atoms with E-state index in [2.05, 4.69) is 19.2 Å². The molecular formula is C15H20N2O3. The Bertz CT molecular complexity index is 508. The molecule has 1 aliphatic heterocycles. The summed E-state index contributed by atoms with van der Waals surface area (Å²) in [6, 6.07) is 6.47. The third-order valence-electron chi connectivity index (χ3n) is 3.79. The van der Waals surface area contributed by atoms with Gasteiger partial charge in [-0.1, -0.05) is 12.1 Å². The Morgan fingerprint density at radius 3 is 2.45 bits per heavy atom. The first-order chi connectivity index (χ1) is 9.40. The number of hydrogen-bond acceptors (Lipinski definition) is 2. The van der Waals surface area contributed by atoms with E-state index in [4.69, 9.17) is 5.11 Å². The predicted octanol–water partition coefficient (Wildman–Crippen LogP) is 2.47. The topological polar surface area (TPSA) is 69.6 Å². The lowest BCUT2D eigenvalue weighted by atomic mass is 10.0. The molecule has 1 heterocycles. The maximum absolute atomic E-state index is 12.1. The average Bonchev–Trinajstić information content (AvgIpc) is 2.76. The molecule has 0 unspecified atom stereocenters.